The molecule has 0 aliphatic carbocycles. The molecule has 0 atom stereocenters. The number of hydrogen-bond donors (Lipinski definition) is 1. The number of H-pyrrole nitrogens is 1. The third-order valence-corrected chi connectivity index (χ3v) is 1.23. The van der Waals surface area contributed by atoms with Crippen molar-refractivity contribution in [1.29, 1.82) is 0 Å². The van der Waals surface area contributed by atoms with Crippen LogP contribution in [0.3, 0.4) is 0 Å². The summed E-state index contributed by atoms with van der Waals surface area (Å²) in [5, 5.41) is 7.48. The summed E-state index contributed by atoms with van der Waals surface area (Å²) in [6.45, 7) is 0.778. The van der Waals surface area contributed by atoms with Crippen LogP contribution in [-0.4, -0.2) is 28.9 Å². The van der Waals surface area contributed by atoms with Crippen LogP contribution in [0, 0.1) is 0 Å². The molecule has 0 saturated carbocycles. The molecule has 0 aromatic carbocycles. The van der Waals surface area contributed by atoms with Crippen LogP contribution in [0.25, 0.3) is 0 Å². The zero-order chi connectivity index (χ0) is 7.23. The van der Waals surface area contributed by atoms with Gasteiger partial charge < -0.3 is 9.72 Å². The van der Waals surface area contributed by atoms with Crippen molar-refractivity contribution >= 4 is 0 Å². The van der Waals surface area contributed by atoms with Crippen LogP contribution >= 0.6 is 0 Å². The molecule has 1 N–H and O–H groups in total. The summed E-state index contributed by atoms with van der Waals surface area (Å²) in [5.41, 5.74) is 0. The Kier molecular flexibility index (Phi) is 2.89. The zero-order valence-electron chi connectivity index (χ0n) is 6.00. The van der Waals surface area contributed by atoms with Crippen molar-refractivity contribution in [1.82, 2.24) is 15.2 Å². The Morgan fingerprint density at radius 3 is 3.20 bits per heavy atom. The largest absolute Gasteiger partial charge is 0.385 e. The van der Waals surface area contributed by atoms with Gasteiger partial charge in [-0.05, 0) is 6.42 Å². The average molecular weight is 141 g/mol. The molecule has 0 saturated heterocycles. The molecule has 0 spiro atoms. The lowest BCUT2D eigenvalue weighted by Gasteiger charge is -1.93. The van der Waals surface area contributed by atoms with Gasteiger partial charge in [-0.1, -0.05) is 0 Å². The van der Waals surface area contributed by atoms with Crippen LogP contribution in [0.15, 0.2) is 6.33 Å². The Balaban J connectivity index is 2.15. The first kappa shape index (κ1) is 7.21. The summed E-state index contributed by atoms with van der Waals surface area (Å²) in [7, 11) is 1.69. The second kappa shape index (κ2) is 4.00. The van der Waals surface area contributed by atoms with Crippen molar-refractivity contribution in [2.75, 3.05) is 13.7 Å². The number of hydrogen-bond acceptors (Lipinski definition) is 3. The van der Waals surface area contributed by atoms with Crippen molar-refractivity contribution in [3.05, 3.63) is 12.2 Å². The van der Waals surface area contributed by atoms with E-state index in [2.05, 4.69) is 15.2 Å². The molecule has 1 aromatic rings. The van der Waals surface area contributed by atoms with E-state index >= 15 is 0 Å². The summed E-state index contributed by atoms with van der Waals surface area (Å²) in [6, 6.07) is 0. The van der Waals surface area contributed by atoms with Crippen molar-refractivity contribution in [2.24, 2.45) is 0 Å². The summed E-state index contributed by atoms with van der Waals surface area (Å²) in [6.07, 6.45) is 3.49. The van der Waals surface area contributed by atoms with E-state index < -0.39 is 0 Å². The molecule has 0 aliphatic rings. The predicted molar refractivity (Wildman–Crippen MR) is 36.6 cm³/mol. The molecule has 4 nitrogen and oxygen atoms in total. The highest BCUT2D eigenvalue weighted by Gasteiger charge is 1.93. The van der Waals surface area contributed by atoms with Gasteiger partial charge in [0.25, 0.3) is 0 Å². The predicted octanol–water partition coefficient (Wildman–Crippen LogP) is 0.384. The first-order valence-corrected chi connectivity index (χ1v) is 3.27. The van der Waals surface area contributed by atoms with Gasteiger partial charge in [-0.15, -0.1) is 10.2 Å². The van der Waals surface area contributed by atoms with Crippen LogP contribution in [0.4, 0.5) is 0 Å². The molecular weight excluding hydrogens is 130 g/mol. The number of nitrogens with zero attached hydrogens (tertiary/aromatic N) is 2. The van der Waals surface area contributed by atoms with Gasteiger partial charge in [0.1, 0.15) is 12.2 Å². The van der Waals surface area contributed by atoms with E-state index in [0.29, 0.717) is 0 Å². The SMILES string of the molecule is COCCCc1nnc[nH]1. The molecule has 0 fully saturated rings. The fourth-order valence-electron chi connectivity index (χ4n) is 0.737. The Morgan fingerprint density at radius 1 is 1.70 bits per heavy atom. The van der Waals surface area contributed by atoms with E-state index in [4.69, 9.17) is 4.74 Å². The maximum Gasteiger partial charge on any atom is 0.130 e. The van der Waals surface area contributed by atoms with Gasteiger partial charge in [0, 0.05) is 20.1 Å². The minimum absolute atomic E-state index is 0.778. The zero-order valence-corrected chi connectivity index (χ0v) is 6.00. The van der Waals surface area contributed by atoms with E-state index in [0.717, 1.165) is 25.3 Å². The molecule has 0 amide bonds. The monoisotopic (exact) mass is 141 g/mol. The molecule has 56 valence electrons. The number of nitrogens with one attached hydrogen (secondary N) is 1. The summed E-state index contributed by atoms with van der Waals surface area (Å²) in [4.78, 5) is 2.92. The standard InChI is InChI=1S/C6H11N3O/c1-10-4-2-3-6-7-5-8-9-6/h5H,2-4H2,1H3,(H,7,8,9). The third-order valence-electron chi connectivity index (χ3n) is 1.23. The molecule has 0 aliphatic heterocycles. The molecule has 1 aromatic heterocycles. The van der Waals surface area contributed by atoms with Crippen molar-refractivity contribution < 1.29 is 4.74 Å². The molecular formula is C6H11N3O. The molecule has 4 heteroatoms. The van der Waals surface area contributed by atoms with E-state index in [1.54, 1.807) is 13.4 Å². The highest BCUT2D eigenvalue weighted by Crippen LogP contribution is 1.92. The number of aromatic nitrogens is 3. The molecule has 0 unspecified atom stereocenters. The number of rotatable bonds is 4. The lowest BCUT2D eigenvalue weighted by Crippen LogP contribution is -1.94. The van der Waals surface area contributed by atoms with Crippen LogP contribution in [0.1, 0.15) is 12.2 Å². The third kappa shape index (κ3) is 2.14. The molecule has 1 rings (SSSR count). The van der Waals surface area contributed by atoms with Crippen LogP contribution in [0.2, 0.25) is 0 Å². The van der Waals surface area contributed by atoms with E-state index in [-0.39, 0.29) is 0 Å². The average Bonchev–Trinajstić information content (AvgIpc) is 2.41. The van der Waals surface area contributed by atoms with Crippen molar-refractivity contribution in [3.8, 4) is 0 Å². The number of aromatic amines is 1. The quantitative estimate of drug-likeness (QED) is 0.617. The summed E-state index contributed by atoms with van der Waals surface area (Å²) < 4.78 is 4.88. The summed E-state index contributed by atoms with van der Waals surface area (Å²) in [5.74, 6) is 0.928. The number of aryl methyl sites for hydroxylation is 1. The second-order valence-corrected chi connectivity index (χ2v) is 2.03. The van der Waals surface area contributed by atoms with Crippen molar-refractivity contribution in [3.63, 3.8) is 0 Å². The van der Waals surface area contributed by atoms with E-state index in [9.17, 15) is 0 Å². The Labute approximate surface area is 59.6 Å². The fourth-order valence-corrected chi connectivity index (χ4v) is 0.737. The van der Waals surface area contributed by atoms with Crippen molar-refractivity contribution in [2.45, 2.75) is 12.8 Å². The van der Waals surface area contributed by atoms with Gasteiger partial charge in [-0.25, -0.2) is 0 Å². The Morgan fingerprint density at radius 2 is 2.60 bits per heavy atom. The number of ether oxygens (including phenoxy) is 1. The van der Waals surface area contributed by atoms with Gasteiger partial charge in [-0.2, -0.15) is 0 Å². The van der Waals surface area contributed by atoms with Gasteiger partial charge >= 0.3 is 0 Å². The minimum atomic E-state index is 0.778. The van der Waals surface area contributed by atoms with Crippen LogP contribution in [-0.2, 0) is 11.2 Å². The highest BCUT2D eigenvalue weighted by atomic mass is 16.5. The Hall–Kier alpha value is -0.900. The molecule has 0 bridgehead atoms. The van der Waals surface area contributed by atoms with E-state index in [1.807, 2.05) is 0 Å². The molecule has 0 radical (unpaired) electrons. The van der Waals surface area contributed by atoms with Gasteiger partial charge in [0.05, 0.1) is 0 Å². The highest BCUT2D eigenvalue weighted by molar-refractivity contribution is 4.78. The summed E-state index contributed by atoms with van der Waals surface area (Å²) >= 11 is 0. The normalized spacial score (nSPS) is 10.1. The minimum Gasteiger partial charge on any atom is -0.385 e. The maximum atomic E-state index is 4.88. The fraction of sp³-hybridized carbons (Fsp3) is 0.667. The van der Waals surface area contributed by atoms with Gasteiger partial charge in [0.15, 0.2) is 0 Å². The second-order valence-electron chi connectivity index (χ2n) is 2.03. The van der Waals surface area contributed by atoms with Gasteiger partial charge in [-0.3, -0.25) is 0 Å². The lowest BCUT2D eigenvalue weighted by molar-refractivity contribution is 0.194. The Bertz CT molecular complexity index is 162. The topological polar surface area (TPSA) is 50.8 Å². The molecule has 10 heavy (non-hydrogen) atoms. The maximum absolute atomic E-state index is 4.88. The first-order chi connectivity index (χ1) is 4.93. The number of methoxy groups -OCH3 is 1. The van der Waals surface area contributed by atoms with Crippen LogP contribution < -0.4 is 0 Å². The van der Waals surface area contributed by atoms with E-state index in [1.165, 1.54) is 0 Å². The molecule has 1 heterocycles. The lowest BCUT2D eigenvalue weighted by atomic mass is 10.3. The van der Waals surface area contributed by atoms with Gasteiger partial charge in [0.2, 0.25) is 0 Å². The first-order valence-electron chi connectivity index (χ1n) is 3.27. The van der Waals surface area contributed by atoms with Crippen LogP contribution in [0.5, 0.6) is 0 Å². The smallest absolute Gasteiger partial charge is 0.130 e.